The summed E-state index contributed by atoms with van der Waals surface area (Å²) in [5.41, 5.74) is 5.52. The molecule has 0 unspecified atom stereocenters. The van der Waals surface area contributed by atoms with E-state index in [0.717, 1.165) is 24.9 Å². The van der Waals surface area contributed by atoms with Crippen LogP contribution in [0.2, 0.25) is 0 Å². The Bertz CT molecular complexity index is 608. The summed E-state index contributed by atoms with van der Waals surface area (Å²) >= 11 is 3.33. The van der Waals surface area contributed by atoms with E-state index in [1.165, 1.54) is 32.1 Å². The van der Waals surface area contributed by atoms with E-state index in [4.69, 9.17) is 0 Å². The van der Waals surface area contributed by atoms with Gasteiger partial charge in [-0.25, -0.2) is 0 Å². The third-order valence-electron chi connectivity index (χ3n) is 5.18. The fourth-order valence-corrected chi connectivity index (χ4v) is 4.37. The minimum absolute atomic E-state index is 0.162. The first-order valence-electron chi connectivity index (χ1n) is 8.69. The number of rotatable bonds is 3. The molecule has 5 nitrogen and oxygen atoms in total. The number of carbonyl (C=O) groups excluding carboxylic acids is 2. The normalized spacial score (nSPS) is 24.0. The average Bonchev–Trinajstić information content (AvgIpc) is 2.60. The van der Waals surface area contributed by atoms with Crippen molar-refractivity contribution in [2.24, 2.45) is 11.8 Å². The Labute approximate surface area is 151 Å². The van der Waals surface area contributed by atoms with Crippen LogP contribution >= 0.6 is 15.9 Å². The molecule has 3 rings (SSSR count). The number of hydrogen-bond donors (Lipinski definition) is 2. The Hall–Kier alpha value is -1.40. The predicted octanol–water partition coefficient (Wildman–Crippen LogP) is 2.72. The Kier molecular flexibility index (Phi) is 5.89. The van der Waals surface area contributed by atoms with Crippen LogP contribution in [-0.4, -0.2) is 36.3 Å². The van der Waals surface area contributed by atoms with Crippen LogP contribution in [0.4, 0.5) is 0 Å². The number of nitrogens with one attached hydrogen (secondary N) is 2. The fraction of sp³-hybridized carbons (Fsp3) is 0.556. The number of amides is 2. The Morgan fingerprint density at radius 3 is 2.62 bits per heavy atom. The summed E-state index contributed by atoms with van der Waals surface area (Å²) in [5.74, 6) is 1.12. The Morgan fingerprint density at radius 1 is 1.08 bits per heavy atom. The topological polar surface area (TPSA) is 61.4 Å². The van der Waals surface area contributed by atoms with Crippen LogP contribution in [0.1, 0.15) is 42.5 Å². The molecule has 1 aliphatic heterocycles. The summed E-state index contributed by atoms with van der Waals surface area (Å²) in [5, 5.41) is 0. The number of carbonyl (C=O) groups is 2. The zero-order chi connectivity index (χ0) is 16.9. The van der Waals surface area contributed by atoms with Crippen molar-refractivity contribution >= 4 is 27.7 Å². The van der Waals surface area contributed by atoms with Crippen molar-refractivity contribution in [1.29, 1.82) is 0 Å². The summed E-state index contributed by atoms with van der Waals surface area (Å²) < 4.78 is 0.705. The number of piperidine rings is 1. The van der Waals surface area contributed by atoms with Crippen molar-refractivity contribution in [3.63, 3.8) is 0 Å². The minimum Gasteiger partial charge on any atom is -0.294 e. The average molecular weight is 394 g/mol. The number of halogens is 1. The monoisotopic (exact) mass is 393 g/mol. The van der Waals surface area contributed by atoms with E-state index in [1.807, 2.05) is 6.07 Å². The molecular formula is C18H24BrN3O2. The van der Waals surface area contributed by atoms with Crippen LogP contribution in [0.3, 0.4) is 0 Å². The lowest BCUT2D eigenvalue weighted by Crippen LogP contribution is -2.49. The second kappa shape index (κ2) is 8.12. The molecule has 1 saturated heterocycles. The van der Waals surface area contributed by atoms with Crippen LogP contribution in [0.15, 0.2) is 28.7 Å². The van der Waals surface area contributed by atoms with E-state index in [1.54, 1.807) is 18.2 Å². The number of benzene rings is 1. The van der Waals surface area contributed by atoms with Gasteiger partial charge in [-0.15, -0.1) is 0 Å². The Balaban J connectivity index is 1.44. The van der Waals surface area contributed by atoms with Crippen molar-refractivity contribution < 1.29 is 9.59 Å². The number of fused-ring (bicyclic) bond motifs is 1. The number of hydrogen-bond acceptors (Lipinski definition) is 3. The van der Waals surface area contributed by atoms with E-state index in [2.05, 4.69) is 31.7 Å². The van der Waals surface area contributed by atoms with Crippen LogP contribution < -0.4 is 10.9 Å². The third-order valence-corrected chi connectivity index (χ3v) is 5.87. The highest BCUT2D eigenvalue weighted by Crippen LogP contribution is 2.35. The molecule has 0 aromatic heterocycles. The lowest BCUT2D eigenvalue weighted by molar-refractivity contribution is -0.123. The maximum atomic E-state index is 12.1. The summed E-state index contributed by atoms with van der Waals surface area (Å²) in [4.78, 5) is 26.4. The predicted molar refractivity (Wildman–Crippen MR) is 96.3 cm³/mol. The van der Waals surface area contributed by atoms with Gasteiger partial charge < -0.3 is 0 Å². The molecule has 1 saturated carbocycles. The quantitative estimate of drug-likeness (QED) is 0.776. The van der Waals surface area contributed by atoms with Gasteiger partial charge in [-0.2, -0.15) is 0 Å². The first-order chi connectivity index (χ1) is 11.6. The highest BCUT2D eigenvalue weighted by atomic mass is 79.9. The maximum Gasteiger partial charge on any atom is 0.270 e. The van der Waals surface area contributed by atoms with E-state index < -0.39 is 0 Å². The summed E-state index contributed by atoms with van der Waals surface area (Å²) in [6.07, 6.45) is 6.53. The van der Waals surface area contributed by atoms with Gasteiger partial charge in [0.15, 0.2) is 0 Å². The summed E-state index contributed by atoms with van der Waals surface area (Å²) in [7, 11) is 0. The first-order valence-corrected chi connectivity index (χ1v) is 9.49. The molecule has 1 aromatic rings. The second-order valence-corrected chi connectivity index (χ2v) is 7.66. The molecule has 2 N–H and O–H groups in total. The van der Waals surface area contributed by atoms with Crippen LogP contribution in [0.25, 0.3) is 0 Å². The van der Waals surface area contributed by atoms with E-state index in [9.17, 15) is 9.59 Å². The standard InChI is InChI=1S/C18H24BrN3O2/c19-16-8-4-3-7-15(16)18(24)21-20-17(23)12-22-10-9-13-5-1-2-6-14(13)11-22/h3-4,7-8,13-14H,1-2,5-6,9-12H2,(H,20,23)(H,21,24)/t13-,14-/m1/s1. The molecular weight excluding hydrogens is 370 g/mol. The summed E-state index contributed by atoms with van der Waals surface area (Å²) in [6.45, 7) is 2.34. The molecule has 1 heterocycles. The molecule has 0 bridgehead atoms. The van der Waals surface area contributed by atoms with Crippen LogP contribution in [0.5, 0.6) is 0 Å². The van der Waals surface area contributed by atoms with Gasteiger partial charge in [0.2, 0.25) is 0 Å². The lowest BCUT2D eigenvalue weighted by atomic mass is 9.75. The fourth-order valence-electron chi connectivity index (χ4n) is 3.90. The van der Waals surface area contributed by atoms with E-state index in [0.29, 0.717) is 16.6 Å². The number of likely N-dealkylation sites (tertiary alicyclic amines) is 1. The van der Waals surface area contributed by atoms with Gasteiger partial charge in [0, 0.05) is 11.0 Å². The molecule has 6 heteroatoms. The molecule has 1 aliphatic carbocycles. The largest absolute Gasteiger partial charge is 0.294 e. The zero-order valence-corrected chi connectivity index (χ0v) is 15.3. The molecule has 2 amide bonds. The highest BCUT2D eigenvalue weighted by molar-refractivity contribution is 9.10. The molecule has 130 valence electrons. The van der Waals surface area contributed by atoms with Gasteiger partial charge >= 0.3 is 0 Å². The van der Waals surface area contributed by atoms with Crippen molar-refractivity contribution in [3.8, 4) is 0 Å². The summed E-state index contributed by atoms with van der Waals surface area (Å²) in [6, 6.07) is 7.13. The zero-order valence-electron chi connectivity index (χ0n) is 13.8. The number of hydrazine groups is 1. The van der Waals surface area contributed by atoms with Crippen molar-refractivity contribution in [2.45, 2.75) is 32.1 Å². The van der Waals surface area contributed by atoms with Gasteiger partial charge in [-0.3, -0.25) is 25.3 Å². The molecule has 0 radical (unpaired) electrons. The first kappa shape index (κ1) is 17.4. The maximum absolute atomic E-state index is 12.1. The van der Waals surface area contributed by atoms with Crippen LogP contribution in [0, 0.1) is 11.8 Å². The SMILES string of the molecule is O=C(CN1CC[C@H]2CCCC[C@@H]2C1)NNC(=O)c1ccccc1Br. The third kappa shape index (κ3) is 4.36. The van der Waals surface area contributed by atoms with Gasteiger partial charge in [-0.05, 0) is 59.3 Å². The van der Waals surface area contributed by atoms with E-state index in [-0.39, 0.29) is 11.8 Å². The van der Waals surface area contributed by atoms with Crippen LogP contribution in [-0.2, 0) is 4.79 Å². The van der Waals surface area contributed by atoms with Crippen molar-refractivity contribution in [3.05, 3.63) is 34.3 Å². The molecule has 2 aliphatic rings. The minimum atomic E-state index is -0.318. The van der Waals surface area contributed by atoms with Crippen molar-refractivity contribution in [1.82, 2.24) is 15.8 Å². The van der Waals surface area contributed by atoms with Gasteiger partial charge in [-0.1, -0.05) is 31.4 Å². The molecule has 2 atom stereocenters. The Morgan fingerprint density at radius 2 is 1.83 bits per heavy atom. The smallest absolute Gasteiger partial charge is 0.270 e. The molecule has 1 aromatic carbocycles. The highest BCUT2D eigenvalue weighted by Gasteiger charge is 2.31. The number of nitrogens with zero attached hydrogens (tertiary/aromatic N) is 1. The molecule has 2 fully saturated rings. The van der Waals surface area contributed by atoms with Crippen molar-refractivity contribution in [2.75, 3.05) is 19.6 Å². The lowest BCUT2D eigenvalue weighted by Gasteiger charge is -2.41. The molecule has 24 heavy (non-hydrogen) atoms. The van der Waals surface area contributed by atoms with Gasteiger partial charge in [0.1, 0.15) is 0 Å². The second-order valence-electron chi connectivity index (χ2n) is 6.81. The van der Waals surface area contributed by atoms with Gasteiger partial charge in [0.05, 0.1) is 12.1 Å². The molecule has 0 spiro atoms. The van der Waals surface area contributed by atoms with E-state index >= 15 is 0 Å². The van der Waals surface area contributed by atoms with Gasteiger partial charge in [0.25, 0.3) is 11.8 Å².